The molecule has 3 fully saturated rings. The Hall–Kier alpha value is -2.62. The molecule has 2 saturated carbocycles. The Kier molecular flexibility index (Phi) is 6.70. The molecule has 2 amide bonds. The molecule has 1 heterocycles. The number of halogens is 8. The molecule has 2 aliphatic carbocycles. The Morgan fingerprint density at radius 2 is 1.71 bits per heavy atom. The molecule has 4 rings (SSSR count). The van der Waals surface area contributed by atoms with Gasteiger partial charge in [-0.2, -0.15) is 31.6 Å². The van der Waals surface area contributed by atoms with E-state index in [0.29, 0.717) is 23.8 Å². The van der Waals surface area contributed by atoms with Crippen LogP contribution in [0, 0.1) is 22.7 Å². The summed E-state index contributed by atoms with van der Waals surface area (Å²) in [7, 11) is 0. The summed E-state index contributed by atoms with van der Waals surface area (Å²) in [4.78, 5) is 27.0. The summed E-state index contributed by atoms with van der Waals surface area (Å²) in [6.45, 7) is 3.94. The normalized spacial score (nSPS) is 25.2. The SMILES string of the molecule is C=C(C)C(F)(c1ccc(Br)cc1C(F)(F)F)[C@@H]1C[C@@H](C(=O)NC2(C#N)CC2)N(C(=O)C2(C(F)(F)F)CC2)C1. The summed E-state index contributed by atoms with van der Waals surface area (Å²) < 4.78 is 100. The number of amides is 2. The van der Waals surface area contributed by atoms with Gasteiger partial charge in [0.05, 0.1) is 11.6 Å². The van der Waals surface area contributed by atoms with Crippen LogP contribution in [0.25, 0.3) is 0 Å². The molecule has 1 aromatic carbocycles. The minimum absolute atomic E-state index is 0.0187. The molecule has 5 nitrogen and oxygen atoms in total. The number of carbonyl (C=O) groups excluding carboxylic acids is 2. The van der Waals surface area contributed by atoms with Crippen LogP contribution >= 0.6 is 15.9 Å². The highest BCUT2D eigenvalue weighted by molar-refractivity contribution is 9.10. The maximum atomic E-state index is 17.0. The van der Waals surface area contributed by atoms with E-state index >= 15 is 4.39 Å². The Bertz CT molecular complexity index is 1230. The van der Waals surface area contributed by atoms with E-state index in [-0.39, 0.29) is 10.0 Å². The summed E-state index contributed by atoms with van der Waals surface area (Å²) in [6.07, 6.45) is -10.9. The van der Waals surface area contributed by atoms with E-state index in [1.165, 1.54) is 6.07 Å². The molecule has 0 bridgehead atoms. The smallest absolute Gasteiger partial charge is 0.336 e. The monoisotopic (exact) mass is 609 g/mol. The number of hydrogen-bond donors (Lipinski definition) is 1. The molecule has 206 valence electrons. The predicted octanol–water partition coefficient (Wildman–Crippen LogP) is 5.94. The van der Waals surface area contributed by atoms with Crippen LogP contribution in [-0.4, -0.2) is 41.0 Å². The standard InChI is InChI=1S/C25H23BrF7N3O2/c1-13(2)23(27,16-4-3-15(26)10-17(16)24(28,29)30)14-9-18(19(37)35-21(12-34)5-6-21)36(11-14)20(38)22(7-8-22)25(31,32)33/h3-4,10,14,18H,1,5-9,11H2,2H3,(H,35,37)/t14-,18+,23?/m1/s1. The summed E-state index contributed by atoms with van der Waals surface area (Å²) >= 11 is 2.94. The van der Waals surface area contributed by atoms with Crippen molar-refractivity contribution in [1.29, 1.82) is 5.26 Å². The number of alkyl halides is 7. The van der Waals surface area contributed by atoms with Gasteiger partial charge in [-0.05, 0) is 56.7 Å². The van der Waals surface area contributed by atoms with Crippen molar-refractivity contribution in [3.63, 3.8) is 0 Å². The van der Waals surface area contributed by atoms with Gasteiger partial charge in [0.2, 0.25) is 11.8 Å². The average molecular weight is 610 g/mol. The van der Waals surface area contributed by atoms with Gasteiger partial charge in [-0.1, -0.05) is 28.6 Å². The first-order chi connectivity index (χ1) is 17.4. The highest BCUT2D eigenvalue weighted by Gasteiger charge is 2.71. The third-order valence-electron chi connectivity index (χ3n) is 7.76. The van der Waals surface area contributed by atoms with Crippen molar-refractivity contribution in [2.45, 2.75) is 68.6 Å². The van der Waals surface area contributed by atoms with Crippen molar-refractivity contribution in [3.8, 4) is 6.07 Å². The second-order valence-electron chi connectivity index (χ2n) is 10.3. The Balaban J connectivity index is 1.78. The first kappa shape index (κ1) is 28.4. The lowest BCUT2D eigenvalue weighted by molar-refractivity contribution is -0.199. The van der Waals surface area contributed by atoms with E-state index in [4.69, 9.17) is 0 Å². The fourth-order valence-corrected chi connectivity index (χ4v) is 5.55. The zero-order chi connectivity index (χ0) is 28.5. The lowest BCUT2D eigenvalue weighted by Gasteiger charge is -2.35. The first-order valence-electron chi connectivity index (χ1n) is 11.7. The van der Waals surface area contributed by atoms with Crippen LogP contribution in [0.4, 0.5) is 30.7 Å². The molecule has 13 heteroatoms. The number of nitriles is 1. The first-order valence-corrected chi connectivity index (χ1v) is 12.5. The number of rotatable bonds is 6. The van der Waals surface area contributed by atoms with E-state index in [2.05, 4.69) is 27.8 Å². The van der Waals surface area contributed by atoms with Gasteiger partial charge in [0.15, 0.2) is 5.67 Å². The topological polar surface area (TPSA) is 73.2 Å². The minimum Gasteiger partial charge on any atom is -0.336 e. The molecule has 1 aliphatic heterocycles. The maximum absolute atomic E-state index is 17.0. The van der Waals surface area contributed by atoms with Crippen molar-refractivity contribution in [2.24, 2.45) is 11.3 Å². The van der Waals surface area contributed by atoms with Crippen LogP contribution in [0.15, 0.2) is 34.8 Å². The minimum atomic E-state index is -4.99. The molecular weight excluding hydrogens is 587 g/mol. The fourth-order valence-electron chi connectivity index (χ4n) is 5.19. The van der Waals surface area contributed by atoms with Crippen LogP contribution in [0.5, 0.6) is 0 Å². The zero-order valence-corrected chi connectivity index (χ0v) is 21.7. The van der Waals surface area contributed by atoms with E-state index in [1.54, 1.807) is 0 Å². The Morgan fingerprint density at radius 1 is 1.11 bits per heavy atom. The maximum Gasteiger partial charge on any atom is 0.416 e. The molecular formula is C25H23BrF7N3O2. The molecule has 3 atom stereocenters. The third kappa shape index (κ3) is 4.58. The lowest BCUT2D eigenvalue weighted by Crippen LogP contribution is -2.53. The molecule has 1 saturated heterocycles. The Morgan fingerprint density at radius 3 is 2.16 bits per heavy atom. The van der Waals surface area contributed by atoms with Crippen LogP contribution < -0.4 is 5.32 Å². The van der Waals surface area contributed by atoms with Crippen LogP contribution in [0.2, 0.25) is 0 Å². The van der Waals surface area contributed by atoms with Crippen molar-refractivity contribution in [1.82, 2.24) is 10.2 Å². The number of nitrogens with zero attached hydrogens (tertiary/aromatic N) is 2. The van der Waals surface area contributed by atoms with E-state index in [0.717, 1.165) is 13.0 Å². The zero-order valence-electron chi connectivity index (χ0n) is 20.1. The van der Waals surface area contributed by atoms with Crippen LogP contribution in [-0.2, 0) is 21.4 Å². The number of allylic oxidation sites excluding steroid dienone is 1. The van der Waals surface area contributed by atoms with Crippen LogP contribution in [0.1, 0.15) is 50.2 Å². The van der Waals surface area contributed by atoms with E-state index in [9.17, 15) is 41.2 Å². The number of nitrogens with one attached hydrogen (secondary N) is 1. The average Bonchev–Trinajstić information content (AvgIpc) is 3.73. The fraction of sp³-hybridized carbons (Fsp3) is 0.560. The summed E-state index contributed by atoms with van der Waals surface area (Å²) in [5.74, 6) is -3.90. The molecule has 0 spiro atoms. The van der Waals surface area contributed by atoms with Gasteiger partial charge in [0.25, 0.3) is 0 Å². The largest absolute Gasteiger partial charge is 0.416 e. The van der Waals surface area contributed by atoms with Crippen molar-refractivity contribution in [3.05, 3.63) is 46.0 Å². The van der Waals surface area contributed by atoms with Crippen molar-refractivity contribution >= 4 is 27.7 Å². The van der Waals surface area contributed by atoms with E-state index < -0.39 is 89.7 Å². The summed E-state index contributed by atoms with van der Waals surface area (Å²) in [5, 5.41) is 11.8. The molecule has 3 aliphatic rings. The van der Waals surface area contributed by atoms with Crippen LogP contribution in [0.3, 0.4) is 0 Å². The second-order valence-corrected chi connectivity index (χ2v) is 11.3. The molecule has 1 N–H and O–H groups in total. The van der Waals surface area contributed by atoms with Crippen molar-refractivity contribution in [2.75, 3.05) is 6.54 Å². The predicted molar refractivity (Wildman–Crippen MR) is 124 cm³/mol. The highest BCUT2D eigenvalue weighted by atomic mass is 79.9. The molecule has 0 radical (unpaired) electrons. The van der Waals surface area contributed by atoms with E-state index in [1.807, 2.05) is 6.07 Å². The third-order valence-corrected chi connectivity index (χ3v) is 8.25. The number of likely N-dealkylation sites (tertiary alicyclic amines) is 1. The molecule has 1 unspecified atom stereocenters. The lowest BCUT2D eigenvalue weighted by atomic mass is 9.75. The van der Waals surface area contributed by atoms with Gasteiger partial charge in [0, 0.05) is 22.5 Å². The van der Waals surface area contributed by atoms with Gasteiger partial charge >= 0.3 is 12.4 Å². The summed E-state index contributed by atoms with van der Waals surface area (Å²) in [6, 6.07) is 3.07. The number of benzene rings is 1. The number of carbonyl (C=O) groups is 2. The molecule has 0 aromatic heterocycles. The van der Waals surface area contributed by atoms with Gasteiger partial charge in [-0.15, -0.1) is 0 Å². The molecule has 1 aromatic rings. The highest BCUT2D eigenvalue weighted by Crippen LogP contribution is 2.60. The van der Waals surface area contributed by atoms with Gasteiger partial charge in [-0.25, -0.2) is 4.39 Å². The molecule has 38 heavy (non-hydrogen) atoms. The van der Waals surface area contributed by atoms with Gasteiger partial charge in [-0.3, -0.25) is 9.59 Å². The van der Waals surface area contributed by atoms with Gasteiger partial charge in [0.1, 0.15) is 17.0 Å². The van der Waals surface area contributed by atoms with Gasteiger partial charge < -0.3 is 10.2 Å². The quantitative estimate of drug-likeness (QED) is 0.320. The van der Waals surface area contributed by atoms with Crippen molar-refractivity contribution < 1.29 is 40.3 Å². The second kappa shape index (κ2) is 8.96. The number of hydrogen-bond acceptors (Lipinski definition) is 3. The summed E-state index contributed by atoms with van der Waals surface area (Å²) in [5.41, 5.74) is -9.41. The Labute approximate surface area is 222 Å².